The van der Waals surface area contributed by atoms with Crippen molar-refractivity contribution in [1.82, 2.24) is 9.66 Å². The number of aliphatic imine (C=N–C) groups is 1. The molecule has 190 valence electrons. The smallest absolute Gasteiger partial charge is 0.277 e. The van der Waals surface area contributed by atoms with E-state index in [1.54, 1.807) is 0 Å². The minimum Gasteiger partial charge on any atom is -0.372 e. The molecule has 0 atom stereocenters. The summed E-state index contributed by atoms with van der Waals surface area (Å²) < 4.78 is 1.51. The molecule has 6 nitrogen and oxygen atoms in total. The third-order valence-corrected chi connectivity index (χ3v) is 6.76. The molecule has 1 aromatic heterocycles. The standard InChI is InChI=1S/C29H43N5O/c1-9-12-13-14-15-23-25(19(4)5)31-28-27(26(20(6)7)32-34(28)29(23)35)30-24-17-16-22(18-21(24)8)33(10-2)11-3/h16-20H,9-15H2,1-8H3. The molecule has 0 aliphatic carbocycles. The first-order valence-electron chi connectivity index (χ1n) is 13.4. The number of fused-ring (bicyclic) bond motifs is 1. The highest BCUT2D eigenvalue weighted by molar-refractivity contribution is 6.49. The third-order valence-electron chi connectivity index (χ3n) is 6.76. The predicted octanol–water partition coefficient (Wildman–Crippen LogP) is 6.64. The number of anilines is 1. The number of nitrogens with zero attached hydrogens (tertiary/aromatic N) is 5. The lowest BCUT2D eigenvalue weighted by atomic mass is 9.99. The van der Waals surface area contributed by atoms with Crippen molar-refractivity contribution in [2.24, 2.45) is 16.0 Å². The van der Waals surface area contributed by atoms with E-state index in [1.807, 2.05) is 0 Å². The Balaban J connectivity index is 2.11. The number of aromatic nitrogens is 2. The molecule has 0 fully saturated rings. The second-order valence-corrected chi connectivity index (χ2v) is 10.1. The number of hydrogen-bond donors (Lipinski definition) is 0. The Labute approximate surface area is 211 Å². The average molecular weight is 478 g/mol. The van der Waals surface area contributed by atoms with Gasteiger partial charge in [-0.15, -0.1) is 0 Å². The van der Waals surface area contributed by atoms with Gasteiger partial charge in [-0.05, 0) is 69.2 Å². The number of unbranched alkanes of at least 4 members (excludes halogenated alkanes) is 3. The molecule has 1 aliphatic heterocycles. The van der Waals surface area contributed by atoms with Gasteiger partial charge in [-0.3, -0.25) is 4.79 Å². The van der Waals surface area contributed by atoms with E-state index in [-0.39, 0.29) is 17.4 Å². The molecule has 2 heterocycles. The van der Waals surface area contributed by atoms with Gasteiger partial charge in [0.2, 0.25) is 0 Å². The van der Waals surface area contributed by atoms with E-state index in [0.29, 0.717) is 5.82 Å². The average Bonchev–Trinajstić information content (AvgIpc) is 3.19. The van der Waals surface area contributed by atoms with Crippen LogP contribution in [0, 0.1) is 12.8 Å². The van der Waals surface area contributed by atoms with E-state index >= 15 is 0 Å². The molecule has 0 radical (unpaired) electrons. The second kappa shape index (κ2) is 11.8. The van der Waals surface area contributed by atoms with Crippen molar-refractivity contribution >= 4 is 22.8 Å². The molecule has 0 saturated carbocycles. The van der Waals surface area contributed by atoms with Gasteiger partial charge in [-0.2, -0.15) is 9.78 Å². The third kappa shape index (κ3) is 5.74. The van der Waals surface area contributed by atoms with Crippen LogP contribution in [0.4, 0.5) is 11.4 Å². The van der Waals surface area contributed by atoms with E-state index < -0.39 is 0 Å². The maximum Gasteiger partial charge on any atom is 0.277 e. The van der Waals surface area contributed by atoms with E-state index in [4.69, 9.17) is 15.1 Å². The molecule has 1 aromatic carbocycles. The van der Waals surface area contributed by atoms with E-state index in [2.05, 4.69) is 78.5 Å². The van der Waals surface area contributed by atoms with Crippen LogP contribution >= 0.6 is 0 Å². The molecular formula is C29H43N5O. The lowest BCUT2D eigenvalue weighted by molar-refractivity contribution is 0.641. The van der Waals surface area contributed by atoms with Gasteiger partial charge in [0.25, 0.3) is 5.56 Å². The molecule has 0 amide bonds. The van der Waals surface area contributed by atoms with Crippen molar-refractivity contribution in [1.29, 1.82) is 0 Å². The number of hydrogen-bond acceptors (Lipinski definition) is 5. The van der Waals surface area contributed by atoms with E-state index in [9.17, 15) is 4.79 Å². The van der Waals surface area contributed by atoms with Gasteiger partial charge in [-0.1, -0.05) is 53.9 Å². The van der Waals surface area contributed by atoms with Crippen LogP contribution in [0.25, 0.3) is 0 Å². The molecule has 35 heavy (non-hydrogen) atoms. The zero-order chi connectivity index (χ0) is 25.7. The first-order valence-corrected chi connectivity index (χ1v) is 13.4. The topological polar surface area (TPSA) is 62.9 Å². The molecule has 0 unspecified atom stereocenters. The van der Waals surface area contributed by atoms with Gasteiger partial charge in [-0.25, -0.2) is 9.98 Å². The quantitative estimate of drug-likeness (QED) is 0.341. The van der Waals surface area contributed by atoms with Crippen LogP contribution < -0.4 is 10.5 Å². The van der Waals surface area contributed by atoms with Crippen molar-refractivity contribution < 1.29 is 0 Å². The fraction of sp³-hybridized carbons (Fsp3) is 0.586. The van der Waals surface area contributed by atoms with Crippen LogP contribution in [0.3, 0.4) is 0 Å². The monoisotopic (exact) mass is 477 g/mol. The minimum atomic E-state index is -0.0350. The van der Waals surface area contributed by atoms with Crippen molar-refractivity contribution in [2.75, 3.05) is 18.0 Å². The van der Waals surface area contributed by atoms with Gasteiger partial charge in [0.15, 0.2) is 5.82 Å². The predicted molar refractivity (Wildman–Crippen MR) is 149 cm³/mol. The van der Waals surface area contributed by atoms with Gasteiger partial charge >= 0.3 is 0 Å². The maximum absolute atomic E-state index is 13.6. The molecule has 0 saturated heterocycles. The van der Waals surface area contributed by atoms with Crippen LogP contribution in [-0.4, -0.2) is 34.2 Å². The van der Waals surface area contributed by atoms with Crippen molar-refractivity contribution in [3.63, 3.8) is 0 Å². The van der Waals surface area contributed by atoms with Crippen LogP contribution in [-0.2, 0) is 6.42 Å². The summed E-state index contributed by atoms with van der Waals surface area (Å²) in [5, 5.41) is 4.76. The molecule has 6 heteroatoms. The summed E-state index contributed by atoms with van der Waals surface area (Å²) in [7, 11) is 0. The Hall–Kier alpha value is -2.76. The highest BCUT2D eigenvalue weighted by Crippen LogP contribution is 2.28. The Morgan fingerprint density at radius 1 is 1.00 bits per heavy atom. The Morgan fingerprint density at radius 2 is 1.71 bits per heavy atom. The van der Waals surface area contributed by atoms with Crippen molar-refractivity contribution in [3.05, 3.63) is 51.2 Å². The maximum atomic E-state index is 13.6. The first kappa shape index (κ1) is 26.8. The molecule has 1 aliphatic rings. The molecule has 0 spiro atoms. The van der Waals surface area contributed by atoms with Crippen molar-refractivity contribution in [3.8, 4) is 0 Å². The summed E-state index contributed by atoms with van der Waals surface area (Å²) in [6.45, 7) is 19.0. The molecule has 2 aromatic rings. The van der Waals surface area contributed by atoms with Gasteiger partial charge in [0, 0.05) is 24.3 Å². The summed E-state index contributed by atoms with van der Waals surface area (Å²) in [4.78, 5) is 26.0. The number of rotatable bonds is 11. The summed E-state index contributed by atoms with van der Waals surface area (Å²) in [5.41, 5.74) is 6.39. The lowest BCUT2D eigenvalue weighted by Gasteiger charge is -2.21. The first-order chi connectivity index (χ1) is 16.7. The largest absolute Gasteiger partial charge is 0.372 e. The SMILES string of the molecule is CCCCCCc1c(C(C)C)nc2n(c1=O)N=C(C(C)C)C2=Nc1ccc(N(CC)CC)cc1C. The zero-order valence-electron chi connectivity index (χ0n) is 23.0. The zero-order valence-corrected chi connectivity index (χ0v) is 23.0. The molecular weight excluding hydrogens is 434 g/mol. The molecule has 3 rings (SSSR count). The number of benzene rings is 1. The van der Waals surface area contributed by atoms with Crippen molar-refractivity contribution in [2.45, 2.75) is 93.4 Å². The highest BCUT2D eigenvalue weighted by atomic mass is 16.1. The fourth-order valence-electron chi connectivity index (χ4n) is 4.69. The van der Waals surface area contributed by atoms with E-state index in [0.717, 1.165) is 66.3 Å². The normalized spacial score (nSPS) is 14.2. The second-order valence-electron chi connectivity index (χ2n) is 10.1. The van der Waals surface area contributed by atoms with Crippen LogP contribution in [0.2, 0.25) is 0 Å². The number of aryl methyl sites for hydroxylation is 1. The summed E-state index contributed by atoms with van der Waals surface area (Å²) >= 11 is 0. The van der Waals surface area contributed by atoms with E-state index in [1.165, 1.54) is 23.2 Å². The highest BCUT2D eigenvalue weighted by Gasteiger charge is 2.30. The molecule has 0 N–H and O–H groups in total. The Bertz CT molecular complexity index is 1150. The minimum absolute atomic E-state index is 0.0350. The Morgan fingerprint density at radius 3 is 2.29 bits per heavy atom. The van der Waals surface area contributed by atoms with Gasteiger partial charge in [0.1, 0.15) is 5.71 Å². The molecule has 0 bridgehead atoms. The lowest BCUT2D eigenvalue weighted by Crippen LogP contribution is -2.28. The Kier molecular flexibility index (Phi) is 9.03. The van der Waals surface area contributed by atoms with Gasteiger partial charge < -0.3 is 4.90 Å². The van der Waals surface area contributed by atoms with Crippen LogP contribution in [0.15, 0.2) is 33.1 Å². The fourth-order valence-corrected chi connectivity index (χ4v) is 4.69. The van der Waals surface area contributed by atoms with Gasteiger partial charge in [0.05, 0.1) is 17.1 Å². The van der Waals surface area contributed by atoms with Crippen LogP contribution in [0.1, 0.15) is 103 Å². The summed E-state index contributed by atoms with van der Waals surface area (Å²) in [5.74, 6) is 0.863. The van der Waals surface area contributed by atoms with Crippen LogP contribution in [0.5, 0.6) is 0 Å². The summed E-state index contributed by atoms with van der Waals surface area (Å²) in [6.07, 6.45) is 5.25. The summed E-state index contributed by atoms with van der Waals surface area (Å²) in [6, 6.07) is 6.38.